The molecule has 0 spiro atoms. The van der Waals surface area contributed by atoms with Gasteiger partial charge in [0.2, 0.25) is 0 Å². The van der Waals surface area contributed by atoms with Crippen molar-refractivity contribution >= 4 is 0 Å². The highest BCUT2D eigenvalue weighted by atomic mass is 15.3. The van der Waals surface area contributed by atoms with Crippen molar-refractivity contribution in [2.45, 2.75) is 66.0 Å². The number of hydrogen-bond acceptors (Lipinski definition) is 2. The fraction of sp³-hybridized carbons (Fsp3) is 1.00. The van der Waals surface area contributed by atoms with E-state index in [9.17, 15) is 0 Å². The molecule has 0 radical (unpaired) electrons. The van der Waals surface area contributed by atoms with Gasteiger partial charge in [0.25, 0.3) is 0 Å². The summed E-state index contributed by atoms with van der Waals surface area (Å²) in [7, 11) is 0. The van der Waals surface area contributed by atoms with E-state index in [-0.39, 0.29) is 0 Å². The van der Waals surface area contributed by atoms with Crippen LogP contribution in [0.2, 0.25) is 0 Å². The van der Waals surface area contributed by atoms with Crippen LogP contribution in [0.3, 0.4) is 0 Å². The molecule has 0 saturated carbocycles. The van der Waals surface area contributed by atoms with Crippen LogP contribution in [0, 0.1) is 11.8 Å². The Balaban J connectivity index is 2.69. The Kier molecular flexibility index (Phi) is 5.46. The first kappa shape index (κ1) is 15.0. The minimum Gasteiger partial charge on any atom is -0.311 e. The number of nitrogens with zero attached hydrogens (tertiary/aromatic N) is 1. The number of rotatable bonds is 5. The summed E-state index contributed by atoms with van der Waals surface area (Å²) < 4.78 is 0. The summed E-state index contributed by atoms with van der Waals surface area (Å²) in [5.74, 6) is 1.54. The molecule has 1 rings (SSSR count). The third kappa shape index (κ3) is 3.69. The highest BCUT2D eigenvalue weighted by molar-refractivity contribution is 4.96. The van der Waals surface area contributed by atoms with Gasteiger partial charge >= 0.3 is 0 Å². The molecule has 0 aliphatic carbocycles. The first-order chi connectivity index (χ1) is 7.92. The molecule has 17 heavy (non-hydrogen) atoms. The predicted octanol–water partition coefficient (Wildman–Crippen LogP) is 3.13. The van der Waals surface area contributed by atoms with Crippen molar-refractivity contribution in [1.82, 2.24) is 10.2 Å². The van der Waals surface area contributed by atoms with Crippen LogP contribution in [-0.2, 0) is 0 Å². The van der Waals surface area contributed by atoms with E-state index < -0.39 is 0 Å². The Bertz CT molecular complexity index is 227. The smallest absolute Gasteiger partial charge is 0.0304 e. The Morgan fingerprint density at radius 2 is 1.94 bits per heavy atom. The molecule has 1 fully saturated rings. The molecule has 3 unspecified atom stereocenters. The molecule has 1 aliphatic rings. The molecule has 0 aromatic carbocycles. The third-order valence-electron chi connectivity index (χ3n) is 4.60. The van der Waals surface area contributed by atoms with Gasteiger partial charge in [0.15, 0.2) is 0 Å². The van der Waals surface area contributed by atoms with Gasteiger partial charge in [0.05, 0.1) is 0 Å². The monoisotopic (exact) mass is 240 g/mol. The van der Waals surface area contributed by atoms with Crippen LogP contribution >= 0.6 is 0 Å². The largest absolute Gasteiger partial charge is 0.311 e. The lowest BCUT2D eigenvalue weighted by atomic mass is 9.87. The molecule has 3 atom stereocenters. The first-order valence-electron chi connectivity index (χ1n) is 7.41. The molecule has 1 N–H and O–H groups in total. The van der Waals surface area contributed by atoms with Crippen LogP contribution in [0.4, 0.5) is 0 Å². The molecule has 1 saturated heterocycles. The SMILES string of the molecule is CCC(C)C1CN(CC(C)C)C(C)(CC)CN1. The summed E-state index contributed by atoms with van der Waals surface area (Å²) in [5, 5.41) is 3.77. The maximum atomic E-state index is 3.77. The second-order valence-corrected chi connectivity index (χ2v) is 6.52. The molecule has 1 aliphatic heterocycles. The van der Waals surface area contributed by atoms with Gasteiger partial charge in [0.1, 0.15) is 0 Å². The third-order valence-corrected chi connectivity index (χ3v) is 4.60. The Morgan fingerprint density at radius 3 is 2.41 bits per heavy atom. The molecule has 2 heteroatoms. The van der Waals surface area contributed by atoms with Crippen LogP contribution in [0.5, 0.6) is 0 Å². The van der Waals surface area contributed by atoms with E-state index in [0.29, 0.717) is 11.6 Å². The zero-order valence-electron chi connectivity index (χ0n) is 12.7. The fourth-order valence-electron chi connectivity index (χ4n) is 2.74. The summed E-state index contributed by atoms with van der Waals surface area (Å²) in [4.78, 5) is 2.73. The second-order valence-electron chi connectivity index (χ2n) is 6.52. The molecule has 1 heterocycles. The summed E-state index contributed by atoms with van der Waals surface area (Å²) in [5.41, 5.74) is 0.355. The molecular weight excluding hydrogens is 208 g/mol. The lowest BCUT2D eigenvalue weighted by Crippen LogP contribution is -2.64. The first-order valence-corrected chi connectivity index (χ1v) is 7.41. The fourth-order valence-corrected chi connectivity index (χ4v) is 2.74. The van der Waals surface area contributed by atoms with Crippen molar-refractivity contribution in [3.8, 4) is 0 Å². The van der Waals surface area contributed by atoms with Crippen molar-refractivity contribution in [2.24, 2.45) is 11.8 Å². The Morgan fingerprint density at radius 1 is 1.29 bits per heavy atom. The number of nitrogens with one attached hydrogen (secondary N) is 1. The minimum absolute atomic E-state index is 0.355. The minimum atomic E-state index is 0.355. The van der Waals surface area contributed by atoms with Crippen molar-refractivity contribution in [2.75, 3.05) is 19.6 Å². The summed E-state index contributed by atoms with van der Waals surface area (Å²) in [6.07, 6.45) is 2.51. The highest BCUT2D eigenvalue weighted by Gasteiger charge is 2.37. The van der Waals surface area contributed by atoms with Gasteiger partial charge in [-0.25, -0.2) is 0 Å². The van der Waals surface area contributed by atoms with Gasteiger partial charge in [-0.3, -0.25) is 4.90 Å². The topological polar surface area (TPSA) is 15.3 Å². The van der Waals surface area contributed by atoms with Gasteiger partial charge in [-0.1, -0.05) is 41.0 Å². The summed E-state index contributed by atoms with van der Waals surface area (Å²) in [6, 6.07) is 0.679. The van der Waals surface area contributed by atoms with Gasteiger partial charge in [0, 0.05) is 31.2 Å². The van der Waals surface area contributed by atoms with Crippen LogP contribution < -0.4 is 5.32 Å². The van der Waals surface area contributed by atoms with Gasteiger partial charge in [-0.05, 0) is 25.2 Å². The predicted molar refractivity (Wildman–Crippen MR) is 76.4 cm³/mol. The van der Waals surface area contributed by atoms with E-state index in [1.54, 1.807) is 0 Å². The van der Waals surface area contributed by atoms with E-state index >= 15 is 0 Å². The van der Waals surface area contributed by atoms with Crippen LogP contribution in [-0.4, -0.2) is 36.1 Å². The summed E-state index contributed by atoms with van der Waals surface area (Å²) >= 11 is 0. The molecule has 0 bridgehead atoms. The van der Waals surface area contributed by atoms with E-state index in [2.05, 4.69) is 51.8 Å². The van der Waals surface area contributed by atoms with Crippen LogP contribution in [0.1, 0.15) is 54.4 Å². The van der Waals surface area contributed by atoms with Crippen molar-refractivity contribution in [1.29, 1.82) is 0 Å². The average molecular weight is 240 g/mol. The quantitative estimate of drug-likeness (QED) is 0.794. The second kappa shape index (κ2) is 6.19. The normalized spacial score (nSPS) is 33.0. The summed E-state index contributed by atoms with van der Waals surface area (Å²) in [6.45, 7) is 17.7. The van der Waals surface area contributed by atoms with E-state index in [1.807, 2.05) is 0 Å². The van der Waals surface area contributed by atoms with Crippen LogP contribution in [0.15, 0.2) is 0 Å². The molecule has 0 aromatic heterocycles. The molecule has 0 aromatic rings. The van der Waals surface area contributed by atoms with Crippen molar-refractivity contribution < 1.29 is 0 Å². The molecule has 102 valence electrons. The van der Waals surface area contributed by atoms with Gasteiger partial charge in [-0.2, -0.15) is 0 Å². The zero-order valence-corrected chi connectivity index (χ0v) is 12.7. The number of hydrogen-bond donors (Lipinski definition) is 1. The van der Waals surface area contributed by atoms with E-state index in [0.717, 1.165) is 18.4 Å². The van der Waals surface area contributed by atoms with Crippen molar-refractivity contribution in [3.05, 3.63) is 0 Å². The standard InChI is InChI=1S/C15H32N2/c1-7-13(5)14-10-17(9-12(3)4)15(6,8-2)11-16-14/h12-14,16H,7-11H2,1-6H3. The zero-order chi connectivity index (χ0) is 13.1. The Labute approximate surface area is 108 Å². The molecular formula is C15H32N2. The van der Waals surface area contributed by atoms with Gasteiger partial charge < -0.3 is 5.32 Å². The average Bonchev–Trinajstić information content (AvgIpc) is 2.30. The van der Waals surface area contributed by atoms with E-state index in [4.69, 9.17) is 0 Å². The molecule has 0 amide bonds. The van der Waals surface area contributed by atoms with Crippen molar-refractivity contribution in [3.63, 3.8) is 0 Å². The maximum Gasteiger partial charge on any atom is 0.0304 e. The van der Waals surface area contributed by atoms with E-state index in [1.165, 1.54) is 25.9 Å². The highest BCUT2D eigenvalue weighted by Crippen LogP contribution is 2.26. The lowest BCUT2D eigenvalue weighted by Gasteiger charge is -2.50. The molecule has 2 nitrogen and oxygen atoms in total. The Hall–Kier alpha value is -0.0800. The lowest BCUT2D eigenvalue weighted by molar-refractivity contribution is 0.0271. The number of piperazine rings is 1. The maximum absolute atomic E-state index is 3.77. The van der Waals surface area contributed by atoms with Gasteiger partial charge in [-0.15, -0.1) is 0 Å². The van der Waals surface area contributed by atoms with Crippen LogP contribution in [0.25, 0.3) is 0 Å².